The fourth-order valence-corrected chi connectivity index (χ4v) is 1.84. The zero-order chi connectivity index (χ0) is 8.97. The summed E-state index contributed by atoms with van der Waals surface area (Å²) >= 11 is 0. The SMILES string of the molecule is CCN(C(C)=O)C1CCCNC1.Cl. The predicted molar refractivity (Wildman–Crippen MR) is 56.2 cm³/mol. The van der Waals surface area contributed by atoms with Gasteiger partial charge in [-0.05, 0) is 26.3 Å². The van der Waals surface area contributed by atoms with Gasteiger partial charge in [0.25, 0.3) is 0 Å². The van der Waals surface area contributed by atoms with Crippen molar-refractivity contribution in [2.24, 2.45) is 0 Å². The Morgan fingerprint density at radius 3 is 2.69 bits per heavy atom. The molecule has 78 valence electrons. The van der Waals surface area contributed by atoms with Crippen LogP contribution in [0, 0.1) is 0 Å². The maximum atomic E-state index is 11.2. The Morgan fingerprint density at radius 2 is 2.31 bits per heavy atom. The van der Waals surface area contributed by atoms with E-state index in [0.717, 1.165) is 26.1 Å². The number of carbonyl (C=O) groups excluding carboxylic acids is 1. The summed E-state index contributed by atoms with van der Waals surface area (Å²) in [6.07, 6.45) is 2.34. The van der Waals surface area contributed by atoms with Crippen molar-refractivity contribution in [2.45, 2.75) is 32.7 Å². The van der Waals surface area contributed by atoms with E-state index < -0.39 is 0 Å². The Hall–Kier alpha value is -0.280. The van der Waals surface area contributed by atoms with Crippen LogP contribution in [0.15, 0.2) is 0 Å². The molecule has 0 saturated carbocycles. The molecule has 1 heterocycles. The Labute approximate surface area is 86.3 Å². The summed E-state index contributed by atoms with van der Waals surface area (Å²) in [6.45, 7) is 6.59. The summed E-state index contributed by atoms with van der Waals surface area (Å²) in [6, 6.07) is 0.432. The second-order valence-corrected chi connectivity index (χ2v) is 3.31. The van der Waals surface area contributed by atoms with E-state index in [0.29, 0.717) is 6.04 Å². The zero-order valence-electron chi connectivity index (χ0n) is 8.38. The number of likely N-dealkylation sites (N-methyl/N-ethyl adjacent to an activating group) is 1. The highest BCUT2D eigenvalue weighted by molar-refractivity contribution is 5.85. The first-order chi connectivity index (χ1) is 5.75. The van der Waals surface area contributed by atoms with Crippen LogP contribution >= 0.6 is 12.4 Å². The van der Waals surface area contributed by atoms with Crippen molar-refractivity contribution in [2.75, 3.05) is 19.6 Å². The first-order valence-electron chi connectivity index (χ1n) is 4.73. The average Bonchev–Trinajstić information content (AvgIpc) is 2.07. The smallest absolute Gasteiger partial charge is 0.219 e. The molecule has 1 amide bonds. The van der Waals surface area contributed by atoms with Gasteiger partial charge in [0, 0.05) is 26.1 Å². The summed E-state index contributed by atoms with van der Waals surface area (Å²) in [5.74, 6) is 0.200. The number of nitrogens with zero attached hydrogens (tertiary/aromatic N) is 1. The molecule has 1 aliphatic heterocycles. The zero-order valence-corrected chi connectivity index (χ0v) is 9.19. The van der Waals surface area contributed by atoms with Crippen LogP contribution in [-0.2, 0) is 4.79 Å². The van der Waals surface area contributed by atoms with Gasteiger partial charge in [-0.15, -0.1) is 12.4 Å². The molecular formula is C9H19ClN2O. The van der Waals surface area contributed by atoms with Crippen LogP contribution in [0.1, 0.15) is 26.7 Å². The molecule has 13 heavy (non-hydrogen) atoms. The first kappa shape index (κ1) is 12.7. The van der Waals surface area contributed by atoms with Gasteiger partial charge in [0.05, 0.1) is 0 Å². The van der Waals surface area contributed by atoms with Gasteiger partial charge < -0.3 is 10.2 Å². The van der Waals surface area contributed by atoms with Gasteiger partial charge in [0.1, 0.15) is 0 Å². The molecule has 1 aliphatic rings. The topological polar surface area (TPSA) is 32.3 Å². The molecular weight excluding hydrogens is 188 g/mol. The minimum Gasteiger partial charge on any atom is -0.339 e. The summed E-state index contributed by atoms with van der Waals surface area (Å²) in [4.78, 5) is 13.1. The van der Waals surface area contributed by atoms with Crippen molar-refractivity contribution in [3.63, 3.8) is 0 Å². The Bertz CT molecular complexity index is 158. The highest BCUT2D eigenvalue weighted by Crippen LogP contribution is 2.09. The predicted octanol–water partition coefficient (Wildman–Crippen LogP) is 1.03. The van der Waals surface area contributed by atoms with Gasteiger partial charge >= 0.3 is 0 Å². The molecule has 1 unspecified atom stereocenters. The number of carbonyl (C=O) groups is 1. The molecule has 0 aromatic heterocycles. The normalized spacial score (nSPS) is 21.8. The molecule has 0 radical (unpaired) electrons. The van der Waals surface area contributed by atoms with Gasteiger partial charge in [-0.3, -0.25) is 4.79 Å². The number of amides is 1. The number of rotatable bonds is 2. The van der Waals surface area contributed by atoms with E-state index in [1.165, 1.54) is 6.42 Å². The van der Waals surface area contributed by atoms with Gasteiger partial charge in [-0.2, -0.15) is 0 Å². The van der Waals surface area contributed by atoms with E-state index in [1.807, 2.05) is 11.8 Å². The quantitative estimate of drug-likeness (QED) is 0.732. The van der Waals surface area contributed by atoms with Gasteiger partial charge in [0.15, 0.2) is 0 Å². The highest BCUT2D eigenvalue weighted by atomic mass is 35.5. The van der Waals surface area contributed by atoms with E-state index in [2.05, 4.69) is 5.32 Å². The van der Waals surface area contributed by atoms with Gasteiger partial charge in [0.2, 0.25) is 5.91 Å². The van der Waals surface area contributed by atoms with Gasteiger partial charge in [-0.25, -0.2) is 0 Å². The maximum Gasteiger partial charge on any atom is 0.219 e. The Balaban J connectivity index is 0.00000144. The third-order valence-corrected chi connectivity index (χ3v) is 2.46. The fraction of sp³-hybridized carbons (Fsp3) is 0.889. The van der Waals surface area contributed by atoms with Crippen LogP contribution in [0.2, 0.25) is 0 Å². The minimum atomic E-state index is 0. The van der Waals surface area contributed by atoms with E-state index in [1.54, 1.807) is 6.92 Å². The summed E-state index contributed by atoms with van der Waals surface area (Å²) in [5, 5.41) is 3.31. The lowest BCUT2D eigenvalue weighted by atomic mass is 10.1. The molecule has 0 bridgehead atoms. The summed E-state index contributed by atoms with van der Waals surface area (Å²) in [7, 11) is 0. The second kappa shape index (κ2) is 6.22. The van der Waals surface area contributed by atoms with Crippen molar-refractivity contribution in [1.29, 1.82) is 0 Å². The summed E-state index contributed by atoms with van der Waals surface area (Å²) in [5.41, 5.74) is 0. The van der Waals surface area contributed by atoms with Gasteiger partial charge in [-0.1, -0.05) is 0 Å². The van der Waals surface area contributed by atoms with Crippen LogP contribution in [0.4, 0.5) is 0 Å². The first-order valence-corrected chi connectivity index (χ1v) is 4.73. The lowest BCUT2D eigenvalue weighted by molar-refractivity contribution is -0.131. The number of hydrogen-bond acceptors (Lipinski definition) is 2. The molecule has 0 aromatic carbocycles. The van der Waals surface area contributed by atoms with Crippen molar-refractivity contribution in [3.8, 4) is 0 Å². The average molecular weight is 207 g/mol. The molecule has 1 atom stereocenters. The van der Waals surface area contributed by atoms with Crippen LogP contribution in [0.25, 0.3) is 0 Å². The highest BCUT2D eigenvalue weighted by Gasteiger charge is 2.20. The van der Waals surface area contributed by atoms with Crippen molar-refractivity contribution < 1.29 is 4.79 Å². The van der Waals surface area contributed by atoms with Crippen LogP contribution in [0.5, 0.6) is 0 Å². The lowest BCUT2D eigenvalue weighted by Crippen LogP contribution is -2.47. The van der Waals surface area contributed by atoms with E-state index in [-0.39, 0.29) is 18.3 Å². The second-order valence-electron chi connectivity index (χ2n) is 3.31. The van der Waals surface area contributed by atoms with E-state index in [9.17, 15) is 4.79 Å². The largest absolute Gasteiger partial charge is 0.339 e. The molecule has 1 rings (SSSR count). The molecule has 0 aliphatic carbocycles. The Kier molecular flexibility index (Phi) is 6.08. The molecule has 0 spiro atoms. The maximum absolute atomic E-state index is 11.2. The standard InChI is InChI=1S/C9H18N2O.ClH/c1-3-11(8(2)12)9-5-4-6-10-7-9;/h9-10H,3-7H2,1-2H3;1H. The number of nitrogens with one attached hydrogen (secondary N) is 1. The third kappa shape index (κ3) is 3.53. The van der Waals surface area contributed by atoms with Crippen molar-refractivity contribution in [3.05, 3.63) is 0 Å². The van der Waals surface area contributed by atoms with E-state index >= 15 is 0 Å². The van der Waals surface area contributed by atoms with Crippen LogP contribution in [-0.4, -0.2) is 36.5 Å². The molecule has 1 saturated heterocycles. The van der Waals surface area contributed by atoms with Crippen LogP contribution in [0.3, 0.4) is 0 Å². The van der Waals surface area contributed by atoms with E-state index in [4.69, 9.17) is 0 Å². The number of hydrogen-bond donors (Lipinski definition) is 1. The molecule has 1 fully saturated rings. The molecule has 3 nitrogen and oxygen atoms in total. The lowest BCUT2D eigenvalue weighted by Gasteiger charge is -2.33. The third-order valence-electron chi connectivity index (χ3n) is 2.46. The number of halogens is 1. The van der Waals surface area contributed by atoms with Crippen molar-refractivity contribution >= 4 is 18.3 Å². The molecule has 1 N–H and O–H groups in total. The Morgan fingerprint density at radius 1 is 1.62 bits per heavy atom. The monoisotopic (exact) mass is 206 g/mol. The fourth-order valence-electron chi connectivity index (χ4n) is 1.84. The van der Waals surface area contributed by atoms with Crippen LogP contribution < -0.4 is 5.32 Å². The molecule has 4 heteroatoms. The molecule has 0 aromatic rings. The minimum absolute atomic E-state index is 0. The van der Waals surface area contributed by atoms with Crippen molar-refractivity contribution in [1.82, 2.24) is 10.2 Å². The summed E-state index contributed by atoms with van der Waals surface area (Å²) < 4.78 is 0. The number of piperidine rings is 1.